The first-order chi connectivity index (χ1) is 9.24. The zero-order chi connectivity index (χ0) is 13.9. The number of ether oxygens (including phenoxy) is 1. The number of hydrogen-bond donors (Lipinski definition) is 0. The Morgan fingerprint density at radius 1 is 1.21 bits per heavy atom. The Balaban J connectivity index is 2.21. The number of rotatable bonds is 8. The van der Waals surface area contributed by atoms with Crippen molar-refractivity contribution in [1.82, 2.24) is 0 Å². The lowest BCUT2D eigenvalue weighted by atomic mass is 10.2. The molecule has 3 nitrogen and oxygen atoms in total. The van der Waals surface area contributed by atoms with Crippen LogP contribution in [0.3, 0.4) is 0 Å². The Hall–Kier alpha value is -1.64. The Labute approximate surface area is 115 Å². The van der Waals surface area contributed by atoms with Crippen LogP contribution in [0.2, 0.25) is 0 Å². The smallest absolute Gasteiger partial charge is 0.338 e. The summed E-state index contributed by atoms with van der Waals surface area (Å²) >= 11 is 0. The Kier molecular flexibility index (Phi) is 7.56. The molecule has 0 aromatic heterocycles. The van der Waals surface area contributed by atoms with Crippen LogP contribution in [0.1, 0.15) is 49.9 Å². The minimum Gasteiger partial charge on any atom is -0.462 e. The molecule has 0 spiro atoms. The maximum atomic E-state index is 11.7. The number of aliphatic imine (C=N–C) groups is 1. The molecule has 0 amide bonds. The summed E-state index contributed by atoms with van der Waals surface area (Å²) in [4.78, 5) is 16.1. The predicted molar refractivity (Wildman–Crippen MR) is 78.8 cm³/mol. The summed E-state index contributed by atoms with van der Waals surface area (Å²) in [5.74, 6) is -0.264. The van der Waals surface area contributed by atoms with E-state index in [4.69, 9.17) is 4.74 Å². The maximum Gasteiger partial charge on any atom is 0.338 e. The monoisotopic (exact) mass is 261 g/mol. The highest BCUT2D eigenvalue weighted by atomic mass is 16.5. The number of hydrogen-bond acceptors (Lipinski definition) is 3. The second kappa shape index (κ2) is 9.31. The Bertz CT molecular complexity index is 398. The van der Waals surface area contributed by atoms with E-state index in [1.54, 1.807) is 12.1 Å². The summed E-state index contributed by atoms with van der Waals surface area (Å²) < 4.78 is 5.21. The van der Waals surface area contributed by atoms with E-state index in [-0.39, 0.29) is 5.97 Å². The summed E-state index contributed by atoms with van der Waals surface area (Å²) in [6.45, 7) is 5.45. The molecule has 3 heteroatoms. The Morgan fingerprint density at radius 2 is 1.95 bits per heavy atom. The number of esters is 1. The molecule has 0 N–H and O–H groups in total. The molecule has 0 unspecified atom stereocenters. The minimum atomic E-state index is -0.264. The van der Waals surface area contributed by atoms with E-state index in [9.17, 15) is 4.79 Å². The number of benzene rings is 1. The standard InChI is InChI=1S/C16H23NO2/c1-3-4-8-12-17-14(2)11-13-19-16(18)15-9-6-5-7-10-15/h5-7,9-10H,3-4,8,11-13H2,1-2H3. The molecule has 1 aromatic rings. The maximum absolute atomic E-state index is 11.7. The van der Waals surface area contributed by atoms with Gasteiger partial charge in [0.05, 0.1) is 12.2 Å². The van der Waals surface area contributed by atoms with Gasteiger partial charge in [-0.15, -0.1) is 0 Å². The fraction of sp³-hybridized carbons (Fsp3) is 0.500. The molecule has 0 radical (unpaired) electrons. The van der Waals surface area contributed by atoms with Crippen LogP contribution in [-0.4, -0.2) is 24.8 Å². The van der Waals surface area contributed by atoms with Gasteiger partial charge in [0, 0.05) is 18.7 Å². The topological polar surface area (TPSA) is 38.7 Å². The van der Waals surface area contributed by atoms with Crippen LogP contribution in [0.4, 0.5) is 0 Å². The fourth-order valence-corrected chi connectivity index (χ4v) is 1.66. The van der Waals surface area contributed by atoms with Crippen LogP contribution in [0.25, 0.3) is 0 Å². The third kappa shape index (κ3) is 6.75. The van der Waals surface area contributed by atoms with Crippen LogP contribution in [0.5, 0.6) is 0 Å². The van der Waals surface area contributed by atoms with Crippen LogP contribution in [-0.2, 0) is 4.74 Å². The number of carbonyl (C=O) groups excluding carboxylic acids is 1. The van der Waals surface area contributed by atoms with Gasteiger partial charge >= 0.3 is 5.97 Å². The zero-order valence-corrected chi connectivity index (χ0v) is 11.9. The van der Waals surface area contributed by atoms with Gasteiger partial charge in [-0.3, -0.25) is 4.99 Å². The lowest BCUT2D eigenvalue weighted by Crippen LogP contribution is -2.09. The van der Waals surface area contributed by atoms with E-state index in [2.05, 4.69) is 11.9 Å². The zero-order valence-electron chi connectivity index (χ0n) is 11.9. The van der Waals surface area contributed by atoms with Crippen LogP contribution in [0.15, 0.2) is 35.3 Å². The first-order valence-corrected chi connectivity index (χ1v) is 6.96. The molecule has 0 aliphatic rings. The third-order valence-corrected chi connectivity index (χ3v) is 2.85. The van der Waals surface area contributed by atoms with Gasteiger partial charge in [-0.1, -0.05) is 38.0 Å². The van der Waals surface area contributed by atoms with Gasteiger partial charge in [-0.2, -0.15) is 0 Å². The van der Waals surface area contributed by atoms with Gasteiger partial charge in [-0.25, -0.2) is 4.79 Å². The van der Waals surface area contributed by atoms with E-state index in [1.165, 1.54) is 12.8 Å². The quantitative estimate of drug-likeness (QED) is 0.404. The summed E-state index contributed by atoms with van der Waals surface area (Å²) in [6.07, 6.45) is 4.28. The van der Waals surface area contributed by atoms with E-state index in [0.717, 1.165) is 18.7 Å². The second-order valence-electron chi connectivity index (χ2n) is 4.58. The number of nitrogens with zero attached hydrogens (tertiary/aromatic N) is 1. The fourth-order valence-electron chi connectivity index (χ4n) is 1.66. The van der Waals surface area contributed by atoms with E-state index in [0.29, 0.717) is 18.6 Å². The van der Waals surface area contributed by atoms with Crippen LogP contribution >= 0.6 is 0 Å². The van der Waals surface area contributed by atoms with Gasteiger partial charge in [-0.05, 0) is 25.5 Å². The van der Waals surface area contributed by atoms with Gasteiger partial charge in [0.2, 0.25) is 0 Å². The summed E-state index contributed by atoms with van der Waals surface area (Å²) in [7, 11) is 0. The largest absolute Gasteiger partial charge is 0.462 e. The van der Waals surface area contributed by atoms with Crippen molar-refractivity contribution >= 4 is 11.7 Å². The van der Waals surface area contributed by atoms with Gasteiger partial charge in [0.25, 0.3) is 0 Å². The SMILES string of the molecule is CCCCCN=C(C)CCOC(=O)c1ccccc1. The van der Waals surface area contributed by atoms with Crippen molar-refractivity contribution in [3.8, 4) is 0 Å². The number of carbonyl (C=O) groups is 1. The van der Waals surface area contributed by atoms with E-state index < -0.39 is 0 Å². The van der Waals surface area contributed by atoms with Crippen molar-refractivity contribution in [3.05, 3.63) is 35.9 Å². The Morgan fingerprint density at radius 3 is 2.63 bits per heavy atom. The highest BCUT2D eigenvalue weighted by Gasteiger charge is 2.05. The molecule has 19 heavy (non-hydrogen) atoms. The minimum absolute atomic E-state index is 0.264. The molecule has 0 heterocycles. The van der Waals surface area contributed by atoms with Crippen molar-refractivity contribution in [2.75, 3.05) is 13.2 Å². The molecule has 0 saturated heterocycles. The first kappa shape index (κ1) is 15.4. The molecule has 1 rings (SSSR count). The molecular formula is C16H23NO2. The summed E-state index contributed by atoms with van der Waals surface area (Å²) in [5, 5.41) is 0. The molecule has 104 valence electrons. The molecule has 0 saturated carbocycles. The molecule has 0 atom stereocenters. The molecule has 0 aliphatic carbocycles. The average molecular weight is 261 g/mol. The average Bonchev–Trinajstić information content (AvgIpc) is 2.44. The van der Waals surface area contributed by atoms with E-state index in [1.807, 2.05) is 25.1 Å². The van der Waals surface area contributed by atoms with Gasteiger partial charge in [0.1, 0.15) is 0 Å². The normalized spacial score (nSPS) is 11.4. The van der Waals surface area contributed by atoms with Crippen molar-refractivity contribution in [2.24, 2.45) is 4.99 Å². The van der Waals surface area contributed by atoms with Gasteiger partial charge in [0.15, 0.2) is 0 Å². The van der Waals surface area contributed by atoms with Crippen LogP contribution < -0.4 is 0 Å². The van der Waals surface area contributed by atoms with Crippen molar-refractivity contribution < 1.29 is 9.53 Å². The molecular weight excluding hydrogens is 238 g/mol. The van der Waals surface area contributed by atoms with Crippen LogP contribution in [0, 0.1) is 0 Å². The molecule has 0 bridgehead atoms. The third-order valence-electron chi connectivity index (χ3n) is 2.85. The number of unbranched alkanes of at least 4 members (excludes halogenated alkanes) is 2. The highest BCUT2D eigenvalue weighted by molar-refractivity contribution is 5.89. The highest BCUT2D eigenvalue weighted by Crippen LogP contribution is 2.02. The van der Waals surface area contributed by atoms with Crippen molar-refractivity contribution in [3.63, 3.8) is 0 Å². The molecule has 0 aliphatic heterocycles. The van der Waals surface area contributed by atoms with Crippen molar-refractivity contribution in [1.29, 1.82) is 0 Å². The van der Waals surface area contributed by atoms with Crippen molar-refractivity contribution in [2.45, 2.75) is 39.5 Å². The first-order valence-electron chi connectivity index (χ1n) is 6.96. The molecule has 1 aromatic carbocycles. The summed E-state index contributed by atoms with van der Waals surface area (Å²) in [5.41, 5.74) is 1.65. The molecule has 0 fully saturated rings. The lowest BCUT2D eigenvalue weighted by Gasteiger charge is -2.04. The van der Waals surface area contributed by atoms with E-state index >= 15 is 0 Å². The predicted octanol–water partition coefficient (Wildman–Crippen LogP) is 3.88. The second-order valence-corrected chi connectivity index (χ2v) is 4.58. The van der Waals surface area contributed by atoms with Gasteiger partial charge < -0.3 is 4.74 Å². The summed E-state index contributed by atoms with van der Waals surface area (Å²) in [6, 6.07) is 9.06. The lowest BCUT2D eigenvalue weighted by molar-refractivity contribution is 0.0515.